The second-order valence-electron chi connectivity index (χ2n) is 7.85. The molecule has 0 heterocycles. The van der Waals surface area contributed by atoms with Crippen LogP contribution in [0.2, 0.25) is 0 Å². The molecule has 0 spiro atoms. The Morgan fingerprint density at radius 3 is 2.30 bits per heavy atom. The number of halogens is 3. The van der Waals surface area contributed by atoms with E-state index in [1.54, 1.807) is 18.2 Å². The summed E-state index contributed by atoms with van der Waals surface area (Å²) in [5, 5.41) is 1.68. The van der Waals surface area contributed by atoms with Crippen LogP contribution in [-0.2, 0) is 6.18 Å². The predicted molar refractivity (Wildman–Crippen MR) is 110 cm³/mol. The number of alkyl halides is 3. The Kier molecular flexibility index (Phi) is 5.18. The van der Waals surface area contributed by atoms with Crippen molar-refractivity contribution in [3.63, 3.8) is 0 Å². The highest BCUT2D eigenvalue weighted by Gasteiger charge is 2.31. The summed E-state index contributed by atoms with van der Waals surface area (Å²) in [5.41, 5.74) is 6.35. The normalized spacial score (nSPS) is 15.6. The van der Waals surface area contributed by atoms with Crippen LogP contribution in [-0.4, -0.2) is 5.91 Å². The van der Waals surface area contributed by atoms with Gasteiger partial charge in [0.2, 0.25) is 5.91 Å². The third-order valence-electron chi connectivity index (χ3n) is 6.05. The zero-order chi connectivity index (χ0) is 21.5. The summed E-state index contributed by atoms with van der Waals surface area (Å²) in [5.74, 6) is 1.04. The summed E-state index contributed by atoms with van der Waals surface area (Å²) < 4.78 is 44.3. The van der Waals surface area contributed by atoms with E-state index in [0.29, 0.717) is 23.0 Å². The van der Waals surface area contributed by atoms with Crippen LogP contribution >= 0.6 is 0 Å². The van der Waals surface area contributed by atoms with E-state index in [2.05, 4.69) is 6.92 Å². The van der Waals surface area contributed by atoms with Crippen LogP contribution in [0.15, 0.2) is 54.6 Å². The Morgan fingerprint density at radius 2 is 1.73 bits per heavy atom. The minimum atomic E-state index is -4.39. The minimum absolute atomic E-state index is 0.172. The second kappa shape index (κ2) is 7.67. The fraction of sp³-hybridized carbons (Fsp3) is 0.292. The standard InChI is InChI=1S/C24H22F3NO2/c1-14(15-4-2-5-15)22-19-6-3-7-21(18(19)12-13-20(22)23(28)29)30-17-10-8-16(9-11-17)24(25,26)27/h3,6-15H,2,4-5H2,1H3,(H2,28,29). The van der Waals surface area contributed by atoms with Crippen LogP contribution in [0, 0.1) is 5.92 Å². The minimum Gasteiger partial charge on any atom is -0.457 e. The lowest BCUT2D eigenvalue weighted by molar-refractivity contribution is -0.137. The number of carbonyl (C=O) groups excluding carboxylic acids is 1. The molecule has 1 fully saturated rings. The van der Waals surface area contributed by atoms with E-state index in [0.717, 1.165) is 41.3 Å². The first-order valence-corrected chi connectivity index (χ1v) is 9.96. The predicted octanol–water partition coefficient (Wildman–Crippen LogP) is 6.65. The molecule has 0 aromatic heterocycles. The number of benzene rings is 3. The van der Waals surface area contributed by atoms with Crippen molar-refractivity contribution in [1.82, 2.24) is 0 Å². The van der Waals surface area contributed by atoms with Gasteiger partial charge >= 0.3 is 6.18 Å². The third kappa shape index (κ3) is 3.74. The summed E-state index contributed by atoms with van der Waals surface area (Å²) in [6.45, 7) is 2.12. The highest BCUT2D eigenvalue weighted by atomic mass is 19.4. The summed E-state index contributed by atoms with van der Waals surface area (Å²) >= 11 is 0. The fourth-order valence-corrected chi connectivity index (χ4v) is 4.16. The second-order valence-corrected chi connectivity index (χ2v) is 7.85. The zero-order valence-electron chi connectivity index (χ0n) is 16.5. The Labute approximate surface area is 172 Å². The van der Waals surface area contributed by atoms with Gasteiger partial charge in [-0.25, -0.2) is 0 Å². The molecule has 1 unspecified atom stereocenters. The Hall–Kier alpha value is -3.02. The van der Waals surface area contributed by atoms with Gasteiger partial charge in [-0.3, -0.25) is 4.79 Å². The van der Waals surface area contributed by atoms with Crippen molar-refractivity contribution in [2.75, 3.05) is 0 Å². The first kappa shape index (κ1) is 20.3. The van der Waals surface area contributed by atoms with E-state index in [4.69, 9.17) is 10.5 Å². The van der Waals surface area contributed by atoms with Gasteiger partial charge in [-0.1, -0.05) is 25.5 Å². The lowest BCUT2D eigenvalue weighted by Gasteiger charge is -2.33. The number of amides is 1. The van der Waals surface area contributed by atoms with Crippen molar-refractivity contribution < 1.29 is 22.7 Å². The topological polar surface area (TPSA) is 52.3 Å². The van der Waals surface area contributed by atoms with Gasteiger partial charge in [0.05, 0.1) is 5.56 Å². The molecule has 1 aliphatic carbocycles. The molecule has 0 aliphatic heterocycles. The van der Waals surface area contributed by atoms with E-state index in [9.17, 15) is 18.0 Å². The molecular formula is C24H22F3NO2. The molecule has 2 N–H and O–H groups in total. The number of hydrogen-bond donors (Lipinski definition) is 1. The summed E-state index contributed by atoms with van der Waals surface area (Å²) in [7, 11) is 0. The maximum atomic E-state index is 12.8. The first-order chi connectivity index (χ1) is 14.3. The molecule has 3 aromatic rings. The van der Waals surface area contributed by atoms with Crippen molar-refractivity contribution in [1.29, 1.82) is 0 Å². The van der Waals surface area contributed by atoms with Gasteiger partial charge in [0.15, 0.2) is 0 Å². The van der Waals surface area contributed by atoms with Crippen molar-refractivity contribution in [2.45, 2.75) is 38.3 Å². The van der Waals surface area contributed by atoms with Crippen LogP contribution in [0.4, 0.5) is 13.2 Å². The molecule has 3 aromatic carbocycles. The van der Waals surface area contributed by atoms with E-state index in [-0.39, 0.29) is 5.92 Å². The van der Waals surface area contributed by atoms with Crippen LogP contribution < -0.4 is 10.5 Å². The molecule has 1 amide bonds. The molecular weight excluding hydrogens is 391 g/mol. The fourth-order valence-electron chi connectivity index (χ4n) is 4.16. The highest BCUT2D eigenvalue weighted by molar-refractivity contribution is 6.02. The Morgan fingerprint density at radius 1 is 1.03 bits per heavy atom. The number of primary amides is 1. The monoisotopic (exact) mass is 413 g/mol. The maximum Gasteiger partial charge on any atom is 0.416 e. The smallest absolute Gasteiger partial charge is 0.416 e. The average molecular weight is 413 g/mol. The molecule has 1 aliphatic rings. The molecule has 30 heavy (non-hydrogen) atoms. The number of fused-ring (bicyclic) bond motifs is 1. The van der Waals surface area contributed by atoms with E-state index in [1.807, 2.05) is 12.1 Å². The van der Waals surface area contributed by atoms with Crippen molar-refractivity contribution in [2.24, 2.45) is 11.7 Å². The zero-order valence-corrected chi connectivity index (χ0v) is 16.5. The van der Waals surface area contributed by atoms with Crippen molar-refractivity contribution in [3.8, 4) is 11.5 Å². The average Bonchev–Trinajstić information content (AvgIpc) is 2.65. The molecule has 3 nitrogen and oxygen atoms in total. The van der Waals surface area contributed by atoms with Crippen molar-refractivity contribution in [3.05, 3.63) is 71.3 Å². The lowest BCUT2D eigenvalue weighted by Crippen LogP contribution is -2.22. The van der Waals surface area contributed by atoms with Crippen LogP contribution in [0.1, 0.15) is 53.6 Å². The molecule has 0 bridgehead atoms. The van der Waals surface area contributed by atoms with Gasteiger partial charge in [-0.05, 0) is 78.1 Å². The maximum absolute atomic E-state index is 12.8. The number of rotatable bonds is 5. The van der Waals surface area contributed by atoms with Crippen molar-refractivity contribution >= 4 is 16.7 Å². The van der Waals surface area contributed by atoms with Gasteiger partial charge in [0.1, 0.15) is 11.5 Å². The molecule has 0 radical (unpaired) electrons. The summed E-state index contributed by atoms with van der Waals surface area (Å²) in [6, 6.07) is 13.6. The molecule has 0 saturated heterocycles. The van der Waals surface area contributed by atoms with Crippen LogP contribution in [0.3, 0.4) is 0 Å². The molecule has 1 atom stereocenters. The Bertz CT molecular complexity index is 1090. The number of carbonyl (C=O) groups is 1. The van der Waals surface area contributed by atoms with Gasteiger partial charge in [-0.2, -0.15) is 13.2 Å². The first-order valence-electron chi connectivity index (χ1n) is 9.96. The van der Waals surface area contributed by atoms with Crippen LogP contribution in [0.5, 0.6) is 11.5 Å². The summed E-state index contributed by atoms with van der Waals surface area (Å²) in [6.07, 6.45) is -0.960. The van der Waals surface area contributed by atoms with Gasteiger partial charge in [0, 0.05) is 10.9 Å². The van der Waals surface area contributed by atoms with E-state index < -0.39 is 17.6 Å². The molecule has 1 saturated carbocycles. The molecule has 4 rings (SSSR count). The summed E-state index contributed by atoms with van der Waals surface area (Å²) in [4.78, 5) is 12.1. The number of nitrogens with two attached hydrogens (primary N) is 1. The SMILES string of the molecule is CC(c1c(C(N)=O)ccc2c(Oc3ccc(C(F)(F)F)cc3)cccc12)C1CCC1. The molecule has 6 heteroatoms. The van der Waals surface area contributed by atoms with Gasteiger partial charge in [-0.15, -0.1) is 0 Å². The van der Waals surface area contributed by atoms with E-state index in [1.165, 1.54) is 18.6 Å². The van der Waals surface area contributed by atoms with Gasteiger partial charge < -0.3 is 10.5 Å². The number of hydrogen-bond acceptors (Lipinski definition) is 2. The van der Waals surface area contributed by atoms with E-state index >= 15 is 0 Å². The highest BCUT2D eigenvalue weighted by Crippen LogP contribution is 2.44. The molecule has 156 valence electrons. The third-order valence-corrected chi connectivity index (χ3v) is 6.05. The Balaban J connectivity index is 1.76. The van der Waals surface area contributed by atoms with Crippen LogP contribution in [0.25, 0.3) is 10.8 Å². The number of ether oxygens (including phenoxy) is 1. The largest absolute Gasteiger partial charge is 0.457 e. The quantitative estimate of drug-likeness (QED) is 0.509. The van der Waals surface area contributed by atoms with Gasteiger partial charge in [0.25, 0.3) is 0 Å². The lowest BCUT2D eigenvalue weighted by atomic mass is 9.72.